The van der Waals surface area contributed by atoms with Crippen molar-refractivity contribution in [1.29, 1.82) is 5.26 Å². The summed E-state index contributed by atoms with van der Waals surface area (Å²) in [6, 6.07) is 62.0. The highest BCUT2D eigenvalue weighted by Gasteiger charge is 2.17. The second kappa shape index (κ2) is 13.2. The topological polar surface area (TPSA) is 75.3 Å². The van der Waals surface area contributed by atoms with Crippen LogP contribution in [-0.4, -0.2) is 20.4 Å². The highest BCUT2D eigenvalue weighted by molar-refractivity contribution is 6.10. The average Bonchev–Trinajstić information content (AvgIpc) is 3.23. The molecule has 0 saturated heterocycles. The van der Waals surface area contributed by atoms with Gasteiger partial charge in [0.1, 0.15) is 0 Å². The molecule has 52 heavy (non-hydrogen) atoms. The van der Waals surface area contributed by atoms with Crippen molar-refractivity contribution in [2.24, 2.45) is 0 Å². The molecule has 0 saturated carbocycles. The van der Waals surface area contributed by atoms with E-state index in [1.165, 1.54) is 0 Å². The number of hydrogen-bond acceptors (Lipinski definition) is 5. The van der Waals surface area contributed by atoms with E-state index in [-0.39, 0.29) is 0 Å². The summed E-state index contributed by atoms with van der Waals surface area (Å²) < 4.78 is 0. The van der Waals surface area contributed by atoms with Gasteiger partial charge in [-0.1, -0.05) is 140 Å². The monoisotopic (exact) mass is 663 g/mol. The van der Waals surface area contributed by atoms with Gasteiger partial charge in [0, 0.05) is 22.3 Å². The van der Waals surface area contributed by atoms with E-state index < -0.39 is 0 Å². The summed E-state index contributed by atoms with van der Waals surface area (Å²) in [5, 5.41) is 32.8. The largest absolute Gasteiger partial charge is 0.192 e. The number of hydrogen-bond donors (Lipinski definition) is 0. The second-order valence-electron chi connectivity index (χ2n) is 12.6. The summed E-state index contributed by atoms with van der Waals surface area (Å²) in [4.78, 5) is 0. The zero-order chi connectivity index (χ0) is 34.9. The van der Waals surface area contributed by atoms with Crippen molar-refractivity contribution in [3.63, 3.8) is 0 Å². The summed E-state index contributed by atoms with van der Waals surface area (Å²) in [6.07, 6.45) is 0. The van der Waals surface area contributed by atoms with Gasteiger partial charge in [-0.15, -0.1) is 20.4 Å². The van der Waals surface area contributed by atoms with Crippen LogP contribution >= 0.6 is 0 Å². The quantitative estimate of drug-likeness (QED) is 0.177. The molecule has 0 aliphatic rings. The van der Waals surface area contributed by atoms with Crippen LogP contribution in [0.1, 0.15) is 5.56 Å². The van der Waals surface area contributed by atoms with Crippen molar-refractivity contribution in [2.75, 3.05) is 0 Å². The van der Waals surface area contributed by atoms with Crippen LogP contribution < -0.4 is 0 Å². The molecule has 5 nitrogen and oxygen atoms in total. The zero-order valence-corrected chi connectivity index (χ0v) is 28.0. The molecule has 0 fully saturated rings. The minimum Gasteiger partial charge on any atom is -0.192 e. The molecule has 0 spiro atoms. The van der Waals surface area contributed by atoms with Crippen molar-refractivity contribution in [1.82, 2.24) is 20.4 Å². The first-order chi connectivity index (χ1) is 25.7. The summed E-state index contributed by atoms with van der Waals surface area (Å²) in [7, 11) is 0. The smallest absolute Gasteiger partial charge is 0.0991 e. The van der Waals surface area contributed by atoms with Crippen LogP contribution in [0.2, 0.25) is 0 Å². The molecule has 0 aliphatic heterocycles. The molecule has 0 aliphatic carbocycles. The second-order valence-corrected chi connectivity index (χ2v) is 12.6. The fraction of sp³-hybridized carbons (Fsp3) is 0. The molecular formula is C47H29N5. The highest BCUT2D eigenvalue weighted by Crippen LogP contribution is 2.42. The van der Waals surface area contributed by atoms with Crippen LogP contribution in [0, 0.1) is 11.3 Å². The summed E-state index contributed by atoms with van der Waals surface area (Å²) in [5.41, 5.74) is 12.1. The molecule has 0 atom stereocenters. The summed E-state index contributed by atoms with van der Waals surface area (Å²) in [5.74, 6) is 0. The molecule has 2 aromatic heterocycles. The SMILES string of the molecule is N#Cc1ccc(-c2cccc3c(-c4ccc(-c5ccccc5)nn4)cccc23)c(-c2cccc3c(-c4ccc(-c5ccccc5)nn4)cccc23)c1. The molecule has 0 N–H and O–H groups in total. The molecule has 9 aromatic rings. The maximum atomic E-state index is 10.0. The molecule has 7 aromatic carbocycles. The third-order valence-corrected chi connectivity index (χ3v) is 9.59. The lowest BCUT2D eigenvalue weighted by molar-refractivity contribution is 1.05. The Morgan fingerprint density at radius 3 is 1.15 bits per heavy atom. The lowest BCUT2D eigenvalue weighted by Crippen LogP contribution is -1.94. The van der Waals surface area contributed by atoms with Gasteiger partial charge in [0.15, 0.2) is 0 Å². The van der Waals surface area contributed by atoms with E-state index in [0.717, 1.165) is 88.8 Å². The Bertz CT molecular complexity index is 2770. The number of aromatic nitrogens is 4. The summed E-state index contributed by atoms with van der Waals surface area (Å²) in [6.45, 7) is 0. The van der Waals surface area contributed by atoms with Crippen molar-refractivity contribution in [2.45, 2.75) is 0 Å². The van der Waals surface area contributed by atoms with Crippen molar-refractivity contribution < 1.29 is 0 Å². The first-order valence-corrected chi connectivity index (χ1v) is 17.1. The van der Waals surface area contributed by atoms with Gasteiger partial charge in [0.25, 0.3) is 0 Å². The minimum atomic E-state index is 0.601. The van der Waals surface area contributed by atoms with Crippen LogP contribution in [-0.2, 0) is 0 Å². The Kier molecular flexibility index (Phi) is 7.81. The minimum absolute atomic E-state index is 0.601. The normalized spacial score (nSPS) is 11.1. The number of nitriles is 1. The van der Waals surface area contributed by atoms with Gasteiger partial charge in [-0.25, -0.2) is 0 Å². The Morgan fingerprint density at radius 2 is 0.712 bits per heavy atom. The van der Waals surface area contributed by atoms with E-state index in [1.807, 2.05) is 97.1 Å². The molecule has 9 rings (SSSR count). The van der Waals surface area contributed by atoms with Gasteiger partial charge < -0.3 is 0 Å². The van der Waals surface area contributed by atoms with E-state index in [4.69, 9.17) is 0 Å². The van der Waals surface area contributed by atoms with Crippen LogP contribution in [0.25, 0.3) is 88.8 Å². The maximum absolute atomic E-state index is 10.0. The maximum Gasteiger partial charge on any atom is 0.0991 e. The molecule has 5 heteroatoms. The van der Waals surface area contributed by atoms with Crippen molar-refractivity contribution >= 4 is 21.5 Å². The Labute approximate surface area is 301 Å². The van der Waals surface area contributed by atoms with E-state index in [1.54, 1.807) is 0 Å². The fourth-order valence-electron chi connectivity index (χ4n) is 7.09. The number of rotatable bonds is 6. The van der Waals surface area contributed by atoms with Gasteiger partial charge in [-0.05, 0) is 80.2 Å². The first kappa shape index (κ1) is 30.7. The number of nitrogens with zero attached hydrogens (tertiary/aromatic N) is 5. The Hall–Kier alpha value is -7.29. The molecule has 2 heterocycles. The van der Waals surface area contributed by atoms with Crippen LogP contribution in [0.15, 0.2) is 176 Å². The molecule has 0 unspecified atom stereocenters. The van der Waals surface area contributed by atoms with Crippen molar-refractivity contribution in [3.05, 3.63) is 181 Å². The van der Waals surface area contributed by atoms with Crippen LogP contribution in [0.4, 0.5) is 0 Å². The lowest BCUT2D eigenvalue weighted by Gasteiger charge is -2.17. The molecular weight excluding hydrogens is 635 g/mol. The predicted octanol–water partition coefficient (Wildman–Crippen LogP) is 11.4. The summed E-state index contributed by atoms with van der Waals surface area (Å²) >= 11 is 0. The van der Waals surface area contributed by atoms with Crippen LogP contribution in [0.3, 0.4) is 0 Å². The zero-order valence-electron chi connectivity index (χ0n) is 28.0. The van der Waals surface area contributed by atoms with Crippen molar-refractivity contribution in [3.8, 4) is 73.4 Å². The predicted molar refractivity (Wildman–Crippen MR) is 210 cm³/mol. The van der Waals surface area contributed by atoms with Gasteiger partial charge in [-0.3, -0.25) is 0 Å². The molecule has 242 valence electrons. The van der Waals surface area contributed by atoms with Gasteiger partial charge in [0.2, 0.25) is 0 Å². The molecule has 0 radical (unpaired) electrons. The van der Waals surface area contributed by atoms with E-state index in [2.05, 4.69) is 105 Å². The van der Waals surface area contributed by atoms with E-state index >= 15 is 0 Å². The highest BCUT2D eigenvalue weighted by atomic mass is 15.1. The third kappa shape index (κ3) is 5.55. The Morgan fingerprint density at radius 1 is 0.308 bits per heavy atom. The van der Waals surface area contributed by atoms with Gasteiger partial charge >= 0.3 is 0 Å². The third-order valence-electron chi connectivity index (χ3n) is 9.59. The first-order valence-electron chi connectivity index (χ1n) is 17.1. The van der Waals surface area contributed by atoms with E-state index in [0.29, 0.717) is 5.56 Å². The fourth-order valence-corrected chi connectivity index (χ4v) is 7.09. The molecule has 0 amide bonds. The molecule has 0 bridgehead atoms. The Balaban J connectivity index is 1.16. The number of benzene rings is 7. The van der Waals surface area contributed by atoms with Crippen LogP contribution in [0.5, 0.6) is 0 Å². The number of fused-ring (bicyclic) bond motifs is 2. The van der Waals surface area contributed by atoms with E-state index in [9.17, 15) is 5.26 Å². The van der Waals surface area contributed by atoms with Gasteiger partial charge in [0.05, 0.1) is 34.4 Å². The van der Waals surface area contributed by atoms with Gasteiger partial charge in [-0.2, -0.15) is 5.26 Å². The lowest BCUT2D eigenvalue weighted by atomic mass is 9.87. The average molecular weight is 664 g/mol. The standard InChI is InChI=1S/C47H29N5/c48-30-31-23-24-40(35-15-7-18-37-34(35)16-9-21-41(37)46-27-25-44(49-51-46)32-11-3-1-4-12-32)43(29-31)39-20-8-19-38-36(39)17-10-22-42(38)47-28-26-45(50-52-47)33-13-5-2-6-14-33/h1-29H.